The van der Waals surface area contributed by atoms with Crippen LogP contribution in [0.1, 0.15) is 22.3 Å². The molecule has 1 saturated heterocycles. The van der Waals surface area contributed by atoms with Crippen LogP contribution < -0.4 is 10.2 Å². The second-order valence-electron chi connectivity index (χ2n) is 7.44. The lowest BCUT2D eigenvalue weighted by molar-refractivity contribution is -0.120. The van der Waals surface area contributed by atoms with Crippen molar-refractivity contribution in [1.29, 1.82) is 0 Å². The van der Waals surface area contributed by atoms with Crippen LogP contribution in [0.2, 0.25) is 0 Å². The van der Waals surface area contributed by atoms with Gasteiger partial charge in [-0.15, -0.1) is 24.0 Å². The first kappa shape index (κ1) is 23.2. The van der Waals surface area contributed by atoms with Gasteiger partial charge < -0.3 is 15.1 Å². The van der Waals surface area contributed by atoms with E-state index < -0.39 is 0 Å². The fourth-order valence-electron chi connectivity index (χ4n) is 3.91. The maximum atomic E-state index is 12.6. The normalized spacial score (nSPS) is 14.8. The molecule has 1 aliphatic rings. The van der Waals surface area contributed by atoms with E-state index in [0.29, 0.717) is 13.1 Å². The topological polar surface area (TPSA) is 65.8 Å². The number of carbonyl (C=O) groups is 1. The third-order valence-electron chi connectivity index (χ3n) is 5.23. The molecule has 3 rings (SSSR count). The monoisotopic (exact) mass is 510 g/mol. The zero-order valence-corrected chi connectivity index (χ0v) is 20.2. The molecule has 0 spiro atoms. The fraction of sp³-hybridized carbons (Fsp3) is 0.476. The molecule has 8 heteroatoms. The van der Waals surface area contributed by atoms with E-state index in [-0.39, 0.29) is 29.9 Å². The number of aryl methyl sites for hydroxylation is 4. The number of halogens is 1. The second-order valence-corrected chi connectivity index (χ2v) is 7.44. The SMILES string of the molecule is CN=C(NCCc1c(C)cc(C)cc1C)N1CCN(c2cnn(C)c2)C(=O)C1.I. The van der Waals surface area contributed by atoms with E-state index in [1.54, 1.807) is 22.8 Å². The van der Waals surface area contributed by atoms with Gasteiger partial charge >= 0.3 is 0 Å². The first-order chi connectivity index (χ1) is 13.4. The summed E-state index contributed by atoms with van der Waals surface area (Å²) in [6.45, 7) is 8.93. The summed E-state index contributed by atoms with van der Waals surface area (Å²) in [5, 5.41) is 7.58. The summed E-state index contributed by atoms with van der Waals surface area (Å²) in [6, 6.07) is 4.46. The Bertz CT molecular complexity index is 868. The van der Waals surface area contributed by atoms with Crippen molar-refractivity contribution in [2.45, 2.75) is 27.2 Å². The molecule has 1 fully saturated rings. The van der Waals surface area contributed by atoms with E-state index in [0.717, 1.165) is 31.2 Å². The predicted octanol–water partition coefficient (Wildman–Crippen LogP) is 2.43. The van der Waals surface area contributed by atoms with Gasteiger partial charge in [-0.2, -0.15) is 5.10 Å². The van der Waals surface area contributed by atoms with Gasteiger partial charge in [0.05, 0.1) is 11.9 Å². The molecular weight excluding hydrogens is 479 g/mol. The quantitative estimate of drug-likeness (QED) is 0.390. The summed E-state index contributed by atoms with van der Waals surface area (Å²) >= 11 is 0. The lowest BCUT2D eigenvalue weighted by Gasteiger charge is -2.35. The van der Waals surface area contributed by atoms with Crippen LogP contribution in [0.25, 0.3) is 0 Å². The van der Waals surface area contributed by atoms with Gasteiger partial charge in [-0.05, 0) is 43.9 Å². The third-order valence-corrected chi connectivity index (χ3v) is 5.23. The largest absolute Gasteiger partial charge is 0.356 e. The number of nitrogens with zero attached hydrogens (tertiary/aromatic N) is 5. The standard InChI is InChI=1S/C21H30N6O.HI/c1-15-10-16(2)19(17(3)11-15)6-7-23-21(22-4)26-8-9-27(20(28)14-26)18-12-24-25(5)13-18;/h10-13H,6-9,14H2,1-5H3,(H,22,23);1H. The van der Waals surface area contributed by atoms with Crippen molar-refractivity contribution in [3.63, 3.8) is 0 Å². The smallest absolute Gasteiger partial charge is 0.246 e. The van der Waals surface area contributed by atoms with Crippen molar-refractivity contribution < 1.29 is 4.79 Å². The average molecular weight is 510 g/mol. The number of hydrogen-bond acceptors (Lipinski definition) is 3. The Kier molecular flexibility index (Phi) is 8.06. The minimum Gasteiger partial charge on any atom is -0.356 e. The highest BCUT2D eigenvalue weighted by molar-refractivity contribution is 14.0. The molecule has 0 aliphatic carbocycles. The van der Waals surface area contributed by atoms with Gasteiger partial charge in [-0.1, -0.05) is 17.7 Å². The molecule has 0 atom stereocenters. The number of aliphatic imine (C=N–C) groups is 1. The van der Waals surface area contributed by atoms with Crippen LogP contribution in [0.15, 0.2) is 29.5 Å². The number of piperazine rings is 1. The van der Waals surface area contributed by atoms with Crippen molar-refractivity contribution in [2.24, 2.45) is 12.0 Å². The highest BCUT2D eigenvalue weighted by atomic mass is 127. The van der Waals surface area contributed by atoms with Crippen molar-refractivity contribution in [2.75, 3.05) is 38.1 Å². The molecule has 0 saturated carbocycles. The van der Waals surface area contributed by atoms with Gasteiger partial charge in [0.1, 0.15) is 6.54 Å². The number of nitrogens with one attached hydrogen (secondary N) is 1. The summed E-state index contributed by atoms with van der Waals surface area (Å²) in [7, 11) is 3.62. The van der Waals surface area contributed by atoms with E-state index >= 15 is 0 Å². The Morgan fingerprint density at radius 3 is 2.45 bits per heavy atom. The second kappa shape index (κ2) is 10.1. The van der Waals surface area contributed by atoms with E-state index in [2.05, 4.69) is 48.3 Å². The minimum atomic E-state index is 0. The maximum absolute atomic E-state index is 12.6. The summed E-state index contributed by atoms with van der Waals surface area (Å²) in [5.41, 5.74) is 6.18. The number of aromatic nitrogens is 2. The molecule has 1 aromatic carbocycles. The Balaban J connectivity index is 0.00000300. The molecule has 158 valence electrons. The van der Waals surface area contributed by atoms with Crippen molar-refractivity contribution in [1.82, 2.24) is 20.0 Å². The summed E-state index contributed by atoms with van der Waals surface area (Å²) in [6.07, 6.45) is 4.53. The lowest BCUT2D eigenvalue weighted by Crippen LogP contribution is -2.55. The van der Waals surface area contributed by atoms with Crippen molar-refractivity contribution >= 4 is 41.5 Å². The molecule has 0 bridgehead atoms. The van der Waals surface area contributed by atoms with Crippen LogP contribution in [0, 0.1) is 20.8 Å². The van der Waals surface area contributed by atoms with E-state index in [1.165, 1.54) is 22.3 Å². The minimum absolute atomic E-state index is 0. The average Bonchev–Trinajstić information content (AvgIpc) is 3.06. The Labute approximate surface area is 190 Å². The Morgan fingerprint density at radius 1 is 1.21 bits per heavy atom. The first-order valence-electron chi connectivity index (χ1n) is 9.70. The molecule has 2 aromatic rings. The van der Waals surface area contributed by atoms with Gasteiger partial charge in [0, 0.05) is 39.9 Å². The number of hydrogen-bond donors (Lipinski definition) is 1. The fourth-order valence-corrected chi connectivity index (χ4v) is 3.91. The highest BCUT2D eigenvalue weighted by Gasteiger charge is 2.27. The molecule has 2 heterocycles. The molecule has 0 radical (unpaired) electrons. The number of anilines is 1. The Hall–Kier alpha value is -2.10. The molecule has 0 unspecified atom stereocenters. The lowest BCUT2D eigenvalue weighted by atomic mass is 9.97. The van der Waals surface area contributed by atoms with Crippen LogP contribution in [0.4, 0.5) is 5.69 Å². The zero-order valence-electron chi connectivity index (χ0n) is 17.9. The van der Waals surface area contributed by atoms with Crippen LogP contribution >= 0.6 is 24.0 Å². The van der Waals surface area contributed by atoms with Gasteiger partial charge in [-0.3, -0.25) is 14.5 Å². The number of benzene rings is 1. The molecular formula is C21H31IN6O. The van der Waals surface area contributed by atoms with Gasteiger partial charge in [-0.25, -0.2) is 0 Å². The number of amides is 1. The molecule has 1 amide bonds. The van der Waals surface area contributed by atoms with E-state index in [9.17, 15) is 4.79 Å². The molecule has 7 nitrogen and oxygen atoms in total. The summed E-state index contributed by atoms with van der Waals surface area (Å²) < 4.78 is 1.71. The van der Waals surface area contributed by atoms with Crippen LogP contribution in [-0.2, 0) is 18.3 Å². The molecule has 1 aromatic heterocycles. The summed E-state index contributed by atoms with van der Waals surface area (Å²) in [4.78, 5) is 20.8. The van der Waals surface area contributed by atoms with Crippen LogP contribution in [-0.4, -0.2) is 59.8 Å². The van der Waals surface area contributed by atoms with Gasteiger partial charge in [0.15, 0.2) is 5.96 Å². The van der Waals surface area contributed by atoms with Crippen molar-refractivity contribution in [3.8, 4) is 0 Å². The molecule has 1 N–H and O–H groups in total. The van der Waals surface area contributed by atoms with Crippen molar-refractivity contribution in [3.05, 3.63) is 46.8 Å². The van der Waals surface area contributed by atoms with Gasteiger partial charge in [0.2, 0.25) is 5.91 Å². The molecule has 29 heavy (non-hydrogen) atoms. The summed E-state index contributed by atoms with van der Waals surface area (Å²) in [5.74, 6) is 0.842. The van der Waals surface area contributed by atoms with E-state index in [1.807, 2.05) is 18.1 Å². The number of rotatable bonds is 4. The third kappa shape index (κ3) is 5.49. The number of carbonyl (C=O) groups excluding carboxylic acids is 1. The Morgan fingerprint density at radius 2 is 1.90 bits per heavy atom. The van der Waals surface area contributed by atoms with Crippen LogP contribution in [0.5, 0.6) is 0 Å². The highest BCUT2D eigenvalue weighted by Crippen LogP contribution is 2.17. The maximum Gasteiger partial charge on any atom is 0.246 e. The predicted molar refractivity (Wildman–Crippen MR) is 128 cm³/mol. The first-order valence-corrected chi connectivity index (χ1v) is 9.70. The molecule has 1 aliphatic heterocycles. The number of guanidine groups is 1. The zero-order chi connectivity index (χ0) is 20.3. The van der Waals surface area contributed by atoms with Crippen LogP contribution in [0.3, 0.4) is 0 Å². The van der Waals surface area contributed by atoms with E-state index in [4.69, 9.17) is 0 Å². The van der Waals surface area contributed by atoms with Gasteiger partial charge in [0.25, 0.3) is 0 Å².